The molecule has 1 aliphatic heterocycles. The number of hydrogen-bond donors (Lipinski definition) is 1. The third-order valence-electron chi connectivity index (χ3n) is 3.33. The number of oxazole rings is 1. The number of sulfone groups is 1. The predicted octanol–water partition coefficient (Wildman–Crippen LogP) is 2.13. The van der Waals surface area contributed by atoms with E-state index < -0.39 is 9.84 Å². The van der Waals surface area contributed by atoms with Crippen molar-refractivity contribution in [1.82, 2.24) is 4.98 Å². The molecule has 1 fully saturated rings. The number of rotatable bonds is 2. The summed E-state index contributed by atoms with van der Waals surface area (Å²) >= 11 is 0. The van der Waals surface area contributed by atoms with Crippen molar-refractivity contribution < 1.29 is 12.8 Å². The highest BCUT2D eigenvalue weighted by Crippen LogP contribution is 2.22. The topological polar surface area (TPSA) is 72.2 Å². The molecule has 0 amide bonds. The predicted molar refractivity (Wildman–Crippen MR) is 74.0 cm³/mol. The van der Waals surface area contributed by atoms with Crippen LogP contribution >= 0.6 is 0 Å². The van der Waals surface area contributed by atoms with Crippen molar-refractivity contribution >= 4 is 26.6 Å². The lowest BCUT2D eigenvalue weighted by molar-refractivity contribution is 0.560. The molecule has 0 spiro atoms. The van der Waals surface area contributed by atoms with Gasteiger partial charge in [-0.15, -0.1) is 0 Å². The average molecular weight is 280 g/mol. The highest BCUT2D eigenvalue weighted by molar-refractivity contribution is 7.91. The minimum Gasteiger partial charge on any atom is -0.441 e. The number of hydrogen-bond acceptors (Lipinski definition) is 5. The first-order chi connectivity index (χ1) is 9.02. The number of fused-ring (bicyclic) bond motifs is 1. The molecule has 2 aromatic rings. The van der Waals surface area contributed by atoms with Gasteiger partial charge in [0.05, 0.1) is 11.5 Å². The second-order valence-electron chi connectivity index (χ2n) is 5.01. The fourth-order valence-corrected chi connectivity index (χ4v) is 4.14. The minimum absolute atomic E-state index is 0.0100. The van der Waals surface area contributed by atoms with Crippen LogP contribution in [0.25, 0.3) is 11.1 Å². The van der Waals surface area contributed by atoms with Crippen molar-refractivity contribution in [1.29, 1.82) is 0 Å². The van der Waals surface area contributed by atoms with E-state index in [-0.39, 0.29) is 11.8 Å². The maximum Gasteiger partial charge on any atom is 0.192 e. The average Bonchev–Trinajstić information content (AvgIpc) is 2.67. The van der Waals surface area contributed by atoms with Crippen LogP contribution in [-0.2, 0) is 9.84 Å². The van der Waals surface area contributed by atoms with Crippen LogP contribution in [0.1, 0.15) is 18.7 Å². The molecule has 2 heterocycles. The van der Waals surface area contributed by atoms with Gasteiger partial charge in [-0.3, -0.25) is 0 Å². The molecule has 1 aromatic heterocycles. The van der Waals surface area contributed by atoms with Crippen LogP contribution in [0.15, 0.2) is 22.6 Å². The van der Waals surface area contributed by atoms with E-state index in [1.54, 1.807) is 6.92 Å². The first-order valence-corrected chi connectivity index (χ1v) is 8.18. The number of nitrogens with zero attached hydrogens (tertiary/aromatic N) is 1. The molecule has 1 saturated heterocycles. The van der Waals surface area contributed by atoms with Gasteiger partial charge >= 0.3 is 0 Å². The maximum absolute atomic E-state index is 11.6. The smallest absolute Gasteiger partial charge is 0.192 e. The fraction of sp³-hybridized carbons (Fsp3) is 0.462. The zero-order valence-electron chi connectivity index (χ0n) is 10.7. The Morgan fingerprint density at radius 3 is 3.05 bits per heavy atom. The van der Waals surface area contributed by atoms with Crippen LogP contribution in [0.3, 0.4) is 0 Å². The van der Waals surface area contributed by atoms with Crippen LogP contribution in [0.2, 0.25) is 0 Å². The van der Waals surface area contributed by atoms with Crippen molar-refractivity contribution in [2.24, 2.45) is 0 Å². The quantitative estimate of drug-likeness (QED) is 0.912. The highest BCUT2D eigenvalue weighted by atomic mass is 32.2. The van der Waals surface area contributed by atoms with Gasteiger partial charge < -0.3 is 9.73 Å². The molecule has 102 valence electrons. The molecule has 6 heteroatoms. The third-order valence-corrected chi connectivity index (χ3v) is 5.15. The summed E-state index contributed by atoms with van der Waals surface area (Å²) in [6.07, 6.45) is 1.61. The Balaban J connectivity index is 1.81. The Hall–Kier alpha value is -1.56. The molecule has 0 bridgehead atoms. The summed E-state index contributed by atoms with van der Waals surface area (Å²) in [5.74, 6) is 1.16. The minimum atomic E-state index is -2.89. The SMILES string of the molecule is Cc1nc2cc(NC3CCCS(=O)(=O)C3)ccc2o1. The fourth-order valence-electron chi connectivity index (χ4n) is 2.50. The zero-order valence-corrected chi connectivity index (χ0v) is 11.5. The molecular weight excluding hydrogens is 264 g/mol. The summed E-state index contributed by atoms with van der Waals surface area (Å²) in [6.45, 7) is 1.81. The van der Waals surface area contributed by atoms with Crippen LogP contribution in [0.4, 0.5) is 5.69 Å². The van der Waals surface area contributed by atoms with E-state index in [1.807, 2.05) is 18.2 Å². The summed E-state index contributed by atoms with van der Waals surface area (Å²) in [4.78, 5) is 4.27. The molecule has 19 heavy (non-hydrogen) atoms. The summed E-state index contributed by atoms with van der Waals surface area (Å²) in [5, 5.41) is 3.28. The molecule has 3 rings (SSSR count). The van der Waals surface area contributed by atoms with Gasteiger partial charge in [0.15, 0.2) is 21.3 Å². The summed E-state index contributed by atoms with van der Waals surface area (Å²) in [5.41, 5.74) is 2.43. The summed E-state index contributed by atoms with van der Waals surface area (Å²) < 4.78 is 28.6. The van der Waals surface area contributed by atoms with Gasteiger partial charge in [0.1, 0.15) is 5.52 Å². The number of nitrogens with one attached hydrogen (secondary N) is 1. The Labute approximate surface area is 111 Å². The van der Waals surface area contributed by atoms with E-state index in [4.69, 9.17) is 4.42 Å². The molecule has 1 aromatic carbocycles. The molecular formula is C13H16N2O3S. The van der Waals surface area contributed by atoms with Gasteiger partial charge in [0, 0.05) is 18.7 Å². The molecule has 1 N–H and O–H groups in total. The van der Waals surface area contributed by atoms with Crippen LogP contribution in [0.5, 0.6) is 0 Å². The number of aromatic nitrogens is 1. The number of anilines is 1. The lowest BCUT2D eigenvalue weighted by atomic mass is 10.1. The first kappa shape index (κ1) is 12.5. The molecule has 0 saturated carbocycles. The van der Waals surface area contributed by atoms with E-state index in [1.165, 1.54) is 0 Å². The van der Waals surface area contributed by atoms with Crippen LogP contribution in [0, 0.1) is 6.92 Å². The zero-order chi connectivity index (χ0) is 13.5. The summed E-state index contributed by atoms with van der Waals surface area (Å²) in [6, 6.07) is 5.64. The Bertz CT molecular complexity index is 706. The normalized spacial score (nSPS) is 22.5. The van der Waals surface area contributed by atoms with Crippen molar-refractivity contribution in [2.75, 3.05) is 16.8 Å². The van der Waals surface area contributed by atoms with Gasteiger partial charge in [-0.1, -0.05) is 0 Å². The summed E-state index contributed by atoms with van der Waals surface area (Å²) in [7, 11) is -2.89. The lowest BCUT2D eigenvalue weighted by Gasteiger charge is -2.23. The van der Waals surface area contributed by atoms with Gasteiger partial charge in [-0.2, -0.15) is 0 Å². The van der Waals surface area contributed by atoms with E-state index in [0.29, 0.717) is 11.6 Å². The van der Waals surface area contributed by atoms with Crippen molar-refractivity contribution in [3.8, 4) is 0 Å². The molecule has 1 unspecified atom stereocenters. The highest BCUT2D eigenvalue weighted by Gasteiger charge is 2.24. The third kappa shape index (κ3) is 2.73. The maximum atomic E-state index is 11.6. The second-order valence-corrected chi connectivity index (χ2v) is 7.24. The van der Waals surface area contributed by atoms with Crippen LogP contribution < -0.4 is 5.32 Å². The van der Waals surface area contributed by atoms with E-state index in [0.717, 1.165) is 29.6 Å². The largest absolute Gasteiger partial charge is 0.441 e. The molecule has 5 nitrogen and oxygen atoms in total. The molecule has 1 atom stereocenters. The van der Waals surface area contributed by atoms with Crippen molar-refractivity contribution in [2.45, 2.75) is 25.8 Å². The first-order valence-electron chi connectivity index (χ1n) is 6.36. The van der Waals surface area contributed by atoms with Gasteiger partial charge in [-0.05, 0) is 31.0 Å². The van der Waals surface area contributed by atoms with Gasteiger partial charge in [0.2, 0.25) is 0 Å². The molecule has 1 aliphatic rings. The standard InChI is InChI=1S/C13H16N2O3S/c1-9-14-12-7-10(4-5-13(12)18-9)15-11-3-2-6-19(16,17)8-11/h4-5,7,11,15H,2-3,6,8H2,1H3. The van der Waals surface area contributed by atoms with E-state index in [9.17, 15) is 8.42 Å². The van der Waals surface area contributed by atoms with Crippen molar-refractivity contribution in [3.63, 3.8) is 0 Å². The monoisotopic (exact) mass is 280 g/mol. The van der Waals surface area contributed by atoms with Gasteiger partial charge in [-0.25, -0.2) is 13.4 Å². The van der Waals surface area contributed by atoms with E-state index >= 15 is 0 Å². The molecule has 0 radical (unpaired) electrons. The van der Waals surface area contributed by atoms with Crippen LogP contribution in [-0.4, -0.2) is 30.9 Å². The number of aryl methyl sites for hydroxylation is 1. The Morgan fingerprint density at radius 1 is 1.42 bits per heavy atom. The van der Waals surface area contributed by atoms with E-state index in [2.05, 4.69) is 10.3 Å². The van der Waals surface area contributed by atoms with Gasteiger partial charge in [0.25, 0.3) is 0 Å². The number of benzene rings is 1. The van der Waals surface area contributed by atoms with Crippen molar-refractivity contribution in [3.05, 3.63) is 24.1 Å². The molecule has 0 aliphatic carbocycles. The second kappa shape index (κ2) is 4.52. The Morgan fingerprint density at radius 2 is 2.26 bits per heavy atom. The lowest BCUT2D eigenvalue weighted by Crippen LogP contribution is -2.34. The Kier molecular flexibility index (Phi) is 2.97.